The largest absolute Gasteiger partial charge is 0.308 e. The van der Waals surface area contributed by atoms with Gasteiger partial charge in [-0.15, -0.1) is 0 Å². The van der Waals surface area contributed by atoms with E-state index in [9.17, 15) is 0 Å². The van der Waals surface area contributed by atoms with Crippen molar-refractivity contribution in [1.82, 2.24) is 10.3 Å². The predicted molar refractivity (Wildman–Crippen MR) is 83.2 cm³/mol. The normalized spacial score (nSPS) is 16.7. The molecule has 2 aromatic rings. The third kappa shape index (κ3) is 2.58. The standard InChI is InChI=1S/C17H19ClN2/c1-19-16(17-15(18)6-3-11-20-17)14-9-7-13(8-10-14)12-4-2-5-12/h3,6-12,16,19H,2,4-5H2,1H3. The molecule has 1 unspecified atom stereocenters. The van der Waals surface area contributed by atoms with E-state index in [0.717, 1.165) is 11.6 Å². The molecule has 0 radical (unpaired) electrons. The molecule has 1 heterocycles. The lowest BCUT2D eigenvalue weighted by Crippen LogP contribution is -2.19. The van der Waals surface area contributed by atoms with Crippen LogP contribution in [0.5, 0.6) is 0 Å². The molecule has 1 N–H and O–H groups in total. The van der Waals surface area contributed by atoms with Crippen molar-refractivity contribution in [2.45, 2.75) is 31.2 Å². The maximum Gasteiger partial charge on any atom is 0.0804 e. The van der Waals surface area contributed by atoms with Gasteiger partial charge in [-0.2, -0.15) is 0 Å². The number of rotatable bonds is 4. The Labute approximate surface area is 125 Å². The zero-order valence-corrected chi connectivity index (χ0v) is 12.4. The molecule has 1 aliphatic carbocycles. The Morgan fingerprint density at radius 2 is 1.95 bits per heavy atom. The Morgan fingerprint density at radius 3 is 2.50 bits per heavy atom. The fraction of sp³-hybridized carbons (Fsp3) is 0.353. The number of aromatic nitrogens is 1. The molecule has 0 spiro atoms. The number of hydrogen-bond donors (Lipinski definition) is 1. The molecule has 1 aromatic heterocycles. The summed E-state index contributed by atoms with van der Waals surface area (Å²) in [7, 11) is 1.94. The summed E-state index contributed by atoms with van der Waals surface area (Å²) >= 11 is 6.26. The zero-order valence-electron chi connectivity index (χ0n) is 11.6. The van der Waals surface area contributed by atoms with Crippen LogP contribution >= 0.6 is 11.6 Å². The molecule has 3 rings (SSSR count). The van der Waals surface area contributed by atoms with Crippen LogP contribution < -0.4 is 5.32 Å². The van der Waals surface area contributed by atoms with Crippen molar-refractivity contribution in [1.29, 1.82) is 0 Å². The van der Waals surface area contributed by atoms with Crippen molar-refractivity contribution in [3.63, 3.8) is 0 Å². The van der Waals surface area contributed by atoms with Crippen LogP contribution in [0.25, 0.3) is 0 Å². The van der Waals surface area contributed by atoms with Crippen LogP contribution in [-0.4, -0.2) is 12.0 Å². The van der Waals surface area contributed by atoms with Crippen LogP contribution in [0.4, 0.5) is 0 Å². The summed E-state index contributed by atoms with van der Waals surface area (Å²) in [5, 5.41) is 4.01. The molecular weight excluding hydrogens is 268 g/mol. The number of benzene rings is 1. The average molecular weight is 287 g/mol. The first kappa shape index (κ1) is 13.6. The zero-order chi connectivity index (χ0) is 13.9. The van der Waals surface area contributed by atoms with Crippen LogP contribution in [-0.2, 0) is 0 Å². The Hall–Kier alpha value is -1.38. The first-order valence-corrected chi connectivity index (χ1v) is 7.55. The quantitative estimate of drug-likeness (QED) is 0.906. The van der Waals surface area contributed by atoms with E-state index in [2.05, 4.69) is 34.6 Å². The molecule has 2 nitrogen and oxygen atoms in total. The third-order valence-electron chi connectivity index (χ3n) is 4.20. The molecule has 1 fully saturated rings. The van der Waals surface area contributed by atoms with Crippen LogP contribution in [0, 0.1) is 0 Å². The van der Waals surface area contributed by atoms with Crippen molar-refractivity contribution in [2.24, 2.45) is 0 Å². The number of nitrogens with one attached hydrogen (secondary N) is 1. The van der Waals surface area contributed by atoms with Crippen molar-refractivity contribution in [2.75, 3.05) is 7.05 Å². The third-order valence-corrected chi connectivity index (χ3v) is 4.52. The summed E-state index contributed by atoms with van der Waals surface area (Å²) in [4.78, 5) is 4.42. The first-order chi connectivity index (χ1) is 9.79. The van der Waals surface area contributed by atoms with Gasteiger partial charge in [0.2, 0.25) is 0 Å². The van der Waals surface area contributed by atoms with Gasteiger partial charge in [0.15, 0.2) is 0 Å². The van der Waals surface area contributed by atoms with Crippen LogP contribution in [0.1, 0.15) is 48.0 Å². The van der Waals surface area contributed by atoms with Gasteiger partial charge in [-0.1, -0.05) is 42.3 Å². The lowest BCUT2D eigenvalue weighted by atomic mass is 9.80. The Kier molecular flexibility index (Phi) is 4.04. The molecule has 0 bridgehead atoms. The molecule has 1 atom stereocenters. The molecule has 0 amide bonds. The second-order valence-corrected chi connectivity index (χ2v) is 5.79. The van der Waals surface area contributed by atoms with E-state index in [4.69, 9.17) is 11.6 Å². The van der Waals surface area contributed by atoms with Gasteiger partial charge in [-0.05, 0) is 49.1 Å². The summed E-state index contributed by atoms with van der Waals surface area (Å²) in [6.07, 6.45) is 5.82. The van der Waals surface area contributed by atoms with Gasteiger partial charge in [0, 0.05) is 6.20 Å². The molecule has 1 saturated carbocycles. The number of hydrogen-bond acceptors (Lipinski definition) is 2. The van der Waals surface area contributed by atoms with Gasteiger partial charge in [0.05, 0.1) is 16.8 Å². The minimum Gasteiger partial charge on any atom is -0.308 e. The Balaban J connectivity index is 1.87. The summed E-state index contributed by atoms with van der Waals surface area (Å²) in [5.74, 6) is 0.774. The number of nitrogens with zero attached hydrogens (tertiary/aromatic N) is 1. The molecule has 104 valence electrons. The van der Waals surface area contributed by atoms with E-state index >= 15 is 0 Å². The SMILES string of the molecule is CNC(c1ccc(C2CCC2)cc1)c1ncccc1Cl. The second-order valence-electron chi connectivity index (χ2n) is 5.39. The Bertz CT molecular complexity index is 576. The molecule has 20 heavy (non-hydrogen) atoms. The average Bonchev–Trinajstić information content (AvgIpc) is 2.41. The topological polar surface area (TPSA) is 24.9 Å². The molecule has 0 saturated heterocycles. The lowest BCUT2D eigenvalue weighted by molar-refractivity contribution is 0.419. The maximum absolute atomic E-state index is 6.26. The first-order valence-electron chi connectivity index (χ1n) is 7.17. The molecular formula is C17H19ClN2. The molecule has 3 heteroatoms. The van der Waals surface area contributed by atoms with E-state index in [1.165, 1.54) is 30.4 Å². The fourth-order valence-electron chi connectivity index (χ4n) is 2.77. The van der Waals surface area contributed by atoms with Crippen LogP contribution in [0.15, 0.2) is 42.6 Å². The van der Waals surface area contributed by atoms with Gasteiger partial charge in [0.1, 0.15) is 0 Å². The van der Waals surface area contributed by atoms with E-state index in [0.29, 0.717) is 5.02 Å². The van der Waals surface area contributed by atoms with Crippen molar-refractivity contribution in [3.8, 4) is 0 Å². The van der Waals surface area contributed by atoms with Crippen molar-refractivity contribution in [3.05, 3.63) is 64.4 Å². The minimum atomic E-state index is 0.0409. The highest BCUT2D eigenvalue weighted by Gasteiger charge is 2.20. The monoisotopic (exact) mass is 286 g/mol. The predicted octanol–water partition coefficient (Wildman–Crippen LogP) is 4.31. The van der Waals surface area contributed by atoms with Crippen LogP contribution in [0.2, 0.25) is 5.02 Å². The summed E-state index contributed by atoms with van der Waals surface area (Å²) in [5.41, 5.74) is 3.55. The second kappa shape index (κ2) is 5.94. The molecule has 1 aliphatic rings. The highest BCUT2D eigenvalue weighted by atomic mass is 35.5. The molecule has 1 aromatic carbocycles. The van der Waals surface area contributed by atoms with Gasteiger partial charge in [0.25, 0.3) is 0 Å². The fourth-order valence-corrected chi connectivity index (χ4v) is 3.00. The highest BCUT2D eigenvalue weighted by Crippen LogP contribution is 2.37. The summed E-state index contributed by atoms with van der Waals surface area (Å²) in [6.45, 7) is 0. The molecule has 0 aliphatic heterocycles. The van der Waals surface area contributed by atoms with Crippen molar-refractivity contribution >= 4 is 11.6 Å². The lowest BCUT2D eigenvalue weighted by Gasteiger charge is -2.26. The number of pyridine rings is 1. The summed E-state index contributed by atoms with van der Waals surface area (Å²) < 4.78 is 0. The van der Waals surface area contributed by atoms with Gasteiger partial charge in [-0.3, -0.25) is 4.98 Å². The van der Waals surface area contributed by atoms with Crippen LogP contribution in [0.3, 0.4) is 0 Å². The van der Waals surface area contributed by atoms with Crippen molar-refractivity contribution < 1.29 is 0 Å². The van der Waals surface area contributed by atoms with E-state index in [-0.39, 0.29) is 6.04 Å². The number of halogens is 1. The van der Waals surface area contributed by atoms with E-state index in [1.807, 2.05) is 19.2 Å². The van der Waals surface area contributed by atoms with Gasteiger partial charge in [-0.25, -0.2) is 0 Å². The smallest absolute Gasteiger partial charge is 0.0804 e. The van der Waals surface area contributed by atoms with E-state index in [1.54, 1.807) is 6.20 Å². The Morgan fingerprint density at radius 1 is 1.20 bits per heavy atom. The van der Waals surface area contributed by atoms with E-state index < -0.39 is 0 Å². The minimum absolute atomic E-state index is 0.0409. The van der Waals surface area contributed by atoms with Gasteiger partial charge >= 0.3 is 0 Å². The highest BCUT2D eigenvalue weighted by molar-refractivity contribution is 6.31. The van der Waals surface area contributed by atoms with Gasteiger partial charge < -0.3 is 5.32 Å². The maximum atomic E-state index is 6.26. The summed E-state index contributed by atoms with van der Waals surface area (Å²) in [6, 6.07) is 12.7.